The van der Waals surface area contributed by atoms with Crippen LogP contribution in [-0.2, 0) is 4.79 Å². The van der Waals surface area contributed by atoms with Gasteiger partial charge in [0.15, 0.2) is 5.96 Å². The number of carbonyl (C=O) groups is 1. The third-order valence-electron chi connectivity index (χ3n) is 2.74. The summed E-state index contributed by atoms with van der Waals surface area (Å²) >= 11 is 0. The van der Waals surface area contributed by atoms with Crippen molar-refractivity contribution in [2.75, 3.05) is 20.1 Å². The maximum absolute atomic E-state index is 11.6. The van der Waals surface area contributed by atoms with Gasteiger partial charge in [0.2, 0.25) is 5.91 Å². The van der Waals surface area contributed by atoms with E-state index in [4.69, 9.17) is 0 Å². The molecule has 6 heteroatoms. The summed E-state index contributed by atoms with van der Waals surface area (Å²) in [7, 11) is 1.65. The molecule has 0 bridgehead atoms. The number of hydrogen-bond acceptors (Lipinski definition) is 2. The van der Waals surface area contributed by atoms with Crippen LogP contribution in [0.1, 0.15) is 33.6 Å². The molecule has 1 aliphatic rings. The Morgan fingerprint density at radius 1 is 1.39 bits per heavy atom. The molecule has 106 valence electrons. The molecule has 0 heterocycles. The lowest BCUT2D eigenvalue weighted by atomic mass is 9.93. The number of guanidine groups is 1. The molecule has 0 spiro atoms. The lowest BCUT2D eigenvalue weighted by Crippen LogP contribution is -2.41. The van der Waals surface area contributed by atoms with Gasteiger partial charge in [0.05, 0.1) is 12.0 Å². The SMILES string of the molecule is CCNC(=NCC(C)(C)C(=O)NC)NC1CC1.I. The summed E-state index contributed by atoms with van der Waals surface area (Å²) < 4.78 is 0. The minimum Gasteiger partial charge on any atom is -0.359 e. The summed E-state index contributed by atoms with van der Waals surface area (Å²) in [5.74, 6) is 0.829. The van der Waals surface area contributed by atoms with Gasteiger partial charge in [-0.2, -0.15) is 0 Å². The monoisotopic (exact) mass is 368 g/mol. The lowest BCUT2D eigenvalue weighted by Gasteiger charge is -2.21. The highest BCUT2D eigenvalue weighted by Crippen LogP contribution is 2.19. The van der Waals surface area contributed by atoms with Crippen molar-refractivity contribution in [2.24, 2.45) is 10.4 Å². The van der Waals surface area contributed by atoms with Crippen LogP contribution in [0.15, 0.2) is 4.99 Å². The first-order chi connectivity index (χ1) is 7.99. The van der Waals surface area contributed by atoms with Gasteiger partial charge in [0.1, 0.15) is 0 Å². The Morgan fingerprint density at radius 2 is 2.00 bits per heavy atom. The zero-order valence-corrected chi connectivity index (χ0v) is 14.0. The molecule has 1 rings (SSSR count). The number of aliphatic imine (C=N–C) groups is 1. The molecule has 0 aromatic carbocycles. The van der Waals surface area contributed by atoms with Crippen molar-refractivity contribution in [2.45, 2.75) is 39.7 Å². The Hall–Kier alpha value is -0.530. The Bertz CT molecular complexity index is 300. The van der Waals surface area contributed by atoms with Crippen molar-refractivity contribution < 1.29 is 4.79 Å². The lowest BCUT2D eigenvalue weighted by molar-refractivity contribution is -0.128. The van der Waals surface area contributed by atoms with Gasteiger partial charge in [-0.15, -0.1) is 24.0 Å². The topological polar surface area (TPSA) is 65.5 Å². The van der Waals surface area contributed by atoms with Gasteiger partial charge < -0.3 is 16.0 Å². The quantitative estimate of drug-likeness (QED) is 0.387. The van der Waals surface area contributed by atoms with Crippen LogP contribution in [0.5, 0.6) is 0 Å². The molecule has 1 aliphatic carbocycles. The van der Waals surface area contributed by atoms with Gasteiger partial charge in [-0.1, -0.05) is 0 Å². The van der Waals surface area contributed by atoms with Crippen molar-refractivity contribution in [1.82, 2.24) is 16.0 Å². The number of hydrogen-bond donors (Lipinski definition) is 3. The molecule has 0 atom stereocenters. The summed E-state index contributed by atoms with van der Waals surface area (Å²) in [5, 5.41) is 9.18. The van der Waals surface area contributed by atoms with Crippen molar-refractivity contribution in [3.8, 4) is 0 Å². The fourth-order valence-electron chi connectivity index (χ4n) is 1.43. The minimum absolute atomic E-state index is 0. The zero-order valence-electron chi connectivity index (χ0n) is 11.7. The van der Waals surface area contributed by atoms with Crippen LogP contribution in [0.2, 0.25) is 0 Å². The average molecular weight is 368 g/mol. The molecule has 0 aliphatic heterocycles. The van der Waals surface area contributed by atoms with E-state index >= 15 is 0 Å². The largest absolute Gasteiger partial charge is 0.359 e. The molecular weight excluding hydrogens is 343 g/mol. The first-order valence-electron chi connectivity index (χ1n) is 6.26. The van der Waals surface area contributed by atoms with Crippen LogP contribution in [0, 0.1) is 5.41 Å². The molecule has 1 saturated carbocycles. The van der Waals surface area contributed by atoms with E-state index in [0.29, 0.717) is 12.6 Å². The zero-order chi connectivity index (χ0) is 12.9. The molecule has 3 N–H and O–H groups in total. The highest BCUT2D eigenvalue weighted by atomic mass is 127. The number of nitrogens with one attached hydrogen (secondary N) is 3. The van der Waals surface area contributed by atoms with Crippen molar-refractivity contribution in [3.05, 3.63) is 0 Å². The minimum atomic E-state index is -0.472. The molecule has 0 radical (unpaired) electrons. The number of carbonyl (C=O) groups excluding carboxylic acids is 1. The molecule has 1 amide bonds. The second kappa shape index (κ2) is 7.81. The fourth-order valence-corrected chi connectivity index (χ4v) is 1.43. The third-order valence-corrected chi connectivity index (χ3v) is 2.74. The van der Waals surface area contributed by atoms with Crippen LogP contribution in [-0.4, -0.2) is 38.0 Å². The van der Waals surface area contributed by atoms with E-state index in [1.165, 1.54) is 12.8 Å². The molecule has 0 aromatic heterocycles. The Morgan fingerprint density at radius 3 is 2.44 bits per heavy atom. The maximum atomic E-state index is 11.6. The Balaban J connectivity index is 0.00000289. The Labute approximate surface area is 127 Å². The molecular formula is C12H25IN4O. The standard InChI is InChI=1S/C12H24N4O.HI/c1-5-14-11(16-9-6-7-9)15-8-12(2,3)10(17)13-4;/h9H,5-8H2,1-4H3,(H,13,17)(H2,14,15,16);1H. The summed E-state index contributed by atoms with van der Waals surface area (Å²) in [4.78, 5) is 16.1. The smallest absolute Gasteiger partial charge is 0.227 e. The normalized spacial score (nSPS) is 15.7. The van der Waals surface area contributed by atoms with Gasteiger partial charge in [-0.25, -0.2) is 0 Å². The van der Waals surface area contributed by atoms with Gasteiger partial charge in [-0.05, 0) is 33.6 Å². The maximum Gasteiger partial charge on any atom is 0.227 e. The van der Waals surface area contributed by atoms with Crippen molar-refractivity contribution >= 4 is 35.8 Å². The first kappa shape index (κ1) is 17.5. The van der Waals surface area contributed by atoms with Gasteiger partial charge in [-0.3, -0.25) is 9.79 Å². The predicted molar refractivity (Wildman–Crippen MR) is 85.4 cm³/mol. The summed E-state index contributed by atoms with van der Waals surface area (Å²) in [5.41, 5.74) is -0.472. The molecule has 0 unspecified atom stereocenters. The van der Waals surface area contributed by atoms with E-state index in [2.05, 4.69) is 20.9 Å². The number of halogens is 1. The van der Waals surface area contributed by atoms with E-state index in [9.17, 15) is 4.79 Å². The first-order valence-corrected chi connectivity index (χ1v) is 6.26. The molecule has 0 saturated heterocycles. The van der Waals surface area contributed by atoms with E-state index in [1.807, 2.05) is 20.8 Å². The van der Waals surface area contributed by atoms with Crippen molar-refractivity contribution in [1.29, 1.82) is 0 Å². The van der Waals surface area contributed by atoms with Crippen LogP contribution in [0.25, 0.3) is 0 Å². The molecule has 0 aromatic rings. The van der Waals surface area contributed by atoms with E-state index in [1.54, 1.807) is 7.05 Å². The highest BCUT2D eigenvalue weighted by molar-refractivity contribution is 14.0. The van der Waals surface area contributed by atoms with Crippen LogP contribution in [0.3, 0.4) is 0 Å². The van der Waals surface area contributed by atoms with Crippen LogP contribution < -0.4 is 16.0 Å². The van der Waals surface area contributed by atoms with Crippen molar-refractivity contribution in [3.63, 3.8) is 0 Å². The average Bonchev–Trinajstić information content (AvgIpc) is 3.09. The van der Waals surface area contributed by atoms with Crippen LogP contribution >= 0.6 is 24.0 Å². The second-order valence-electron chi connectivity index (χ2n) is 5.08. The van der Waals surface area contributed by atoms with Gasteiger partial charge >= 0.3 is 0 Å². The van der Waals surface area contributed by atoms with Crippen LogP contribution in [0.4, 0.5) is 0 Å². The molecule has 18 heavy (non-hydrogen) atoms. The number of amides is 1. The van der Waals surface area contributed by atoms with E-state index in [0.717, 1.165) is 12.5 Å². The molecule has 5 nitrogen and oxygen atoms in total. The van der Waals surface area contributed by atoms with Gasteiger partial charge in [0.25, 0.3) is 0 Å². The number of rotatable bonds is 5. The van der Waals surface area contributed by atoms with Gasteiger partial charge in [0, 0.05) is 19.6 Å². The Kier molecular flexibility index (Phi) is 7.58. The third kappa shape index (κ3) is 5.88. The predicted octanol–water partition coefficient (Wildman–Crippen LogP) is 1.09. The fraction of sp³-hybridized carbons (Fsp3) is 0.833. The highest BCUT2D eigenvalue weighted by Gasteiger charge is 2.27. The summed E-state index contributed by atoms with van der Waals surface area (Å²) in [6.45, 7) is 7.15. The van der Waals surface area contributed by atoms with E-state index < -0.39 is 5.41 Å². The molecule has 1 fully saturated rings. The summed E-state index contributed by atoms with van der Waals surface area (Å²) in [6, 6.07) is 0.566. The summed E-state index contributed by atoms with van der Waals surface area (Å²) in [6.07, 6.45) is 2.42. The van der Waals surface area contributed by atoms with E-state index in [-0.39, 0.29) is 29.9 Å². The number of nitrogens with zero attached hydrogens (tertiary/aromatic N) is 1. The second-order valence-corrected chi connectivity index (χ2v) is 5.08.